The second-order valence-electron chi connectivity index (χ2n) is 2.65. The molecule has 0 fully saturated rings. The minimum absolute atomic E-state index is 0.300. The molecule has 0 spiro atoms. The Morgan fingerprint density at radius 1 is 1.47 bits per heavy atom. The number of hydrogen-bond acceptors (Lipinski definition) is 3. The molecule has 2 N–H and O–H groups in total. The standard InChI is InChI=1S/C8H7F3N2O2/c1-12-6-4(7(14)15)2-3-5(13-6)8(9,10)11/h2-3H,1H3,(H,12,13)(H,14,15). The van der Waals surface area contributed by atoms with Crippen LogP contribution in [0.3, 0.4) is 0 Å². The van der Waals surface area contributed by atoms with Gasteiger partial charge in [0.1, 0.15) is 17.1 Å². The van der Waals surface area contributed by atoms with Gasteiger partial charge in [-0.15, -0.1) is 0 Å². The summed E-state index contributed by atoms with van der Waals surface area (Å²) in [4.78, 5) is 13.7. The number of rotatable bonds is 2. The van der Waals surface area contributed by atoms with Crippen molar-refractivity contribution in [2.24, 2.45) is 0 Å². The van der Waals surface area contributed by atoms with Gasteiger partial charge < -0.3 is 10.4 Å². The van der Waals surface area contributed by atoms with Gasteiger partial charge in [0, 0.05) is 7.05 Å². The number of aromatic nitrogens is 1. The number of carbonyl (C=O) groups is 1. The smallest absolute Gasteiger partial charge is 0.433 e. The van der Waals surface area contributed by atoms with Crippen molar-refractivity contribution in [1.29, 1.82) is 0 Å². The first-order valence-corrected chi connectivity index (χ1v) is 3.85. The summed E-state index contributed by atoms with van der Waals surface area (Å²) >= 11 is 0. The Kier molecular flexibility index (Phi) is 2.83. The largest absolute Gasteiger partial charge is 0.478 e. The number of hydrogen-bond donors (Lipinski definition) is 2. The normalized spacial score (nSPS) is 11.2. The number of pyridine rings is 1. The van der Waals surface area contributed by atoms with E-state index in [2.05, 4.69) is 10.3 Å². The Hall–Kier alpha value is -1.79. The third-order valence-corrected chi connectivity index (χ3v) is 1.65. The van der Waals surface area contributed by atoms with Gasteiger partial charge in [-0.25, -0.2) is 9.78 Å². The minimum Gasteiger partial charge on any atom is -0.478 e. The molecule has 1 aromatic heterocycles. The summed E-state index contributed by atoms with van der Waals surface area (Å²) in [5, 5.41) is 10.9. The number of anilines is 1. The summed E-state index contributed by atoms with van der Waals surface area (Å²) in [6.45, 7) is 0. The van der Waals surface area contributed by atoms with Crippen molar-refractivity contribution < 1.29 is 23.1 Å². The average molecular weight is 220 g/mol. The second-order valence-corrected chi connectivity index (χ2v) is 2.65. The highest BCUT2D eigenvalue weighted by atomic mass is 19.4. The molecule has 0 saturated heterocycles. The first-order valence-electron chi connectivity index (χ1n) is 3.85. The summed E-state index contributed by atoms with van der Waals surface area (Å²) in [5.41, 5.74) is -1.43. The molecular formula is C8H7F3N2O2. The Morgan fingerprint density at radius 2 is 2.07 bits per heavy atom. The van der Waals surface area contributed by atoms with E-state index in [0.29, 0.717) is 6.07 Å². The maximum absolute atomic E-state index is 12.2. The van der Waals surface area contributed by atoms with Gasteiger partial charge in [0.2, 0.25) is 0 Å². The van der Waals surface area contributed by atoms with E-state index in [9.17, 15) is 18.0 Å². The van der Waals surface area contributed by atoms with E-state index in [-0.39, 0.29) is 11.4 Å². The monoisotopic (exact) mass is 220 g/mol. The zero-order chi connectivity index (χ0) is 11.6. The van der Waals surface area contributed by atoms with E-state index in [4.69, 9.17) is 5.11 Å². The third kappa shape index (κ3) is 2.36. The molecule has 1 heterocycles. The van der Waals surface area contributed by atoms with Crippen molar-refractivity contribution >= 4 is 11.8 Å². The van der Waals surface area contributed by atoms with E-state index in [0.717, 1.165) is 6.07 Å². The molecule has 0 radical (unpaired) electrons. The molecule has 1 rings (SSSR count). The van der Waals surface area contributed by atoms with E-state index in [1.54, 1.807) is 0 Å². The fourth-order valence-electron chi connectivity index (χ4n) is 0.980. The van der Waals surface area contributed by atoms with Crippen LogP contribution < -0.4 is 5.32 Å². The zero-order valence-corrected chi connectivity index (χ0v) is 7.59. The maximum atomic E-state index is 12.2. The Labute approximate surface area is 82.7 Å². The lowest BCUT2D eigenvalue weighted by Gasteiger charge is -2.09. The summed E-state index contributed by atoms with van der Waals surface area (Å²) in [6, 6.07) is 1.49. The molecule has 82 valence electrons. The van der Waals surface area contributed by atoms with E-state index >= 15 is 0 Å². The van der Waals surface area contributed by atoms with Crippen LogP contribution in [0.25, 0.3) is 0 Å². The van der Waals surface area contributed by atoms with Crippen molar-refractivity contribution in [3.05, 3.63) is 23.4 Å². The fourth-order valence-corrected chi connectivity index (χ4v) is 0.980. The fraction of sp³-hybridized carbons (Fsp3) is 0.250. The predicted molar refractivity (Wildman–Crippen MR) is 45.7 cm³/mol. The van der Waals surface area contributed by atoms with Crippen LogP contribution in [0.4, 0.5) is 19.0 Å². The molecule has 1 aromatic rings. The number of halogens is 3. The van der Waals surface area contributed by atoms with Crippen LogP contribution in [0, 0.1) is 0 Å². The van der Waals surface area contributed by atoms with Crippen molar-refractivity contribution in [2.45, 2.75) is 6.18 Å². The van der Waals surface area contributed by atoms with Gasteiger partial charge in [0.25, 0.3) is 0 Å². The van der Waals surface area contributed by atoms with Gasteiger partial charge in [-0.3, -0.25) is 0 Å². The molecule has 15 heavy (non-hydrogen) atoms. The lowest BCUT2D eigenvalue weighted by atomic mass is 10.2. The van der Waals surface area contributed by atoms with Gasteiger partial charge in [0.05, 0.1) is 0 Å². The highest BCUT2D eigenvalue weighted by Crippen LogP contribution is 2.29. The summed E-state index contributed by atoms with van der Waals surface area (Å²) in [7, 11) is 1.30. The number of aromatic carboxylic acids is 1. The predicted octanol–water partition coefficient (Wildman–Crippen LogP) is 1.84. The van der Waals surface area contributed by atoms with Gasteiger partial charge in [-0.1, -0.05) is 0 Å². The number of nitrogens with zero attached hydrogens (tertiary/aromatic N) is 1. The summed E-state index contributed by atoms with van der Waals surface area (Å²) < 4.78 is 36.6. The first-order chi connectivity index (χ1) is 6.86. The average Bonchev–Trinajstić information content (AvgIpc) is 2.15. The molecule has 0 bridgehead atoms. The van der Waals surface area contributed by atoms with Crippen LogP contribution in [-0.2, 0) is 6.18 Å². The van der Waals surface area contributed by atoms with Gasteiger partial charge in [0.15, 0.2) is 0 Å². The molecule has 0 unspecified atom stereocenters. The molecule has 0 aliphatic heterocycles. The van der Waals surface area contributed by atoms with Crippen molar-refractivity contribution in [3.63, 3.8) is 0 Å². The SMILES string of the molecule is CNc1nc(C(F)(F)F)ccc1C(=O)O. The molecule has 4 nitrogen and oxygen atoms in total. The number of carboxylic acids is 1. The molecule has 0 saturated carbocycles. The summed E-state index contributed by atoms with van der Waals surface area (Å²) in [5.74, 6) is -1.64. The molecule has 0 aliphatic rings. The Morgan fingerprint density at radius 3 is 2.47 bits per heavy atom. The second kappa shape index (κ2) is 3.76. The lowest BCUT2D eigenvalue weighted by Crippen LogP contribution is -2.12. The summed E-state index contributed by atoms with van der Waals surface area (Å²) in [6.07, 6.45) is -4.58. The topological polar surface area (TPSA) is 62.2 Å². The van der Waals surface area contributed by atoms with Crippen molar-refractivity contribution in [2.75, 3.05) is 12.4 Å². The van der Waals surface area contributed by atoms with Crippen molar-refractivity contribution in [3.8, 4) is 0 Å². The molecule has 0 aliphatic carbocycles. The van der Waals surface area contributed by atoms with Gasteiger partial charge in [-0.2, -0.15) is 13.2 Å². The minimum atomic E-state index is -4.58. The molecule has 7 heteroatoms. The van der Waals surface area contributed by atoms with Crippen LogP contribution in [0.1, 0.15) is 16.1 Å². The van der Waals surface area contributed by atoms with Crippen LogP contribution in [0.2, 0.25) is 0 Å². The highest BCUT2D eigenvalue weighted by molar-refractivity contribution is 5.93. The molecular weight excluding hydrogens is 213 g/mol. The zero-order valence-electron chi connectivity index (χ0n) is 7.59. The lowest BCUT2D eigenvalue weighted by molar-refractivity contribution is -0.141. The van der Waals surface area contributed by atoms with Crippen LogP contribution in [0.15, 0.2) is 12.1 Å². The quantitative estimate of drug-likeness (QED) is 0.798. The molecule has 0 aromatic carbocycles. The highest BCUT2D eigenvalue weighted by Gasteiger charge is 2.33. The number of nitrogens with one attached hydrogen (secondary N) is 1. The third-order valence-electron chi connectivity index (χ3n) is 1.65. The Bertz CT molecular complexity index is 390. The maximum Gasteiger partial charge on any atom is 0.433 e. The van der Waals surface area contributed by atoms with Crippen LogP contribution >= 0.6 is 0 Å². The number of alkyl halides is 3. The first kappa shape index (κ1) is 11.3. The molecule has 0 amide bonds. The van der Waals surface area contributed by atoms with E-state index < -0.39 is 17.8 Å². The number of carboxylic acid groups (broad SMARTS) is 1. The van der Waals surface area contributed by atoms with Gasteiger partial charge >= 0.3 is 12.1 Å². The molecule has 0 atom stereocenters. The van der Waals surface area contributed by atoms with E-state index in [1.807, 2.05) is 0 Å². The van der Waals surface area contributed by atoms with Crippen LogP contribution in [-0.4, -0.2) is 23.1 Å². The van der Waals surface area contributed by atoms with Gasteiger partial charge in [-0.05, 0) is 12.1 Å². The van der Waals surface area contributed by atoms with E-state index in [1.165, 1.54) is 7.05 Å². The van der Waals surface area contributed by atoms with Crippen LogP contribution in [0.5, 0.6) is 0 Å². The Balaban J connectivity index is 3.25. The van der Waals surface area contributed by atoms with Crippen molar-refractivity contribution in [1.82, 2.24) is 4.98 Å².